The van der Waals surface area contributed by atoms with Gasteiger partial charge in [0.1, 0.15) is 5.75 Å². The van der Waals surface area contributed by atoms with E-state index < -0.39 is 12.1 Å². The number of aliphatic hydroxyl groups is 1. The van der Waals surface area contributed by atoms with E-state index in [-0.39, 0.29) is 12.4 Å². The van der Waals surface area contributed by atoms with E-state index in [1.807, 2.05) is 43.3 Å². The van der Waals surface area contributed by atoms with Crippen molar-refractivity contribution in [3.8, 4) is 5.75 Å². The van der Waals surface area contributed by atoms with Crippen molar-refractivity contribution in [2.75, 3.05) is 6.61 Å². The maximum Gasteiger partial charge on any atom is 0.124 e. The summed E-state index contributed by atoms with van der Waals surface area (Å²) in [6, 6.07) is 11.5. The Labute approximate surface area is 119 Å². The second kappa shape index (κ2) is 6.75. The van der Waals surface area contributed by atoms with Crippen LogP contribution in [-0.2, 0) is 0 Å². The lowest BCUT2D eigenvalue weighted by Crippen LogP contribution is -2.24. The van der Waals surface area contributed by atoms with Gasteiger partial charge in [0.05, 0.1) is 18.8 Å². The lowest BCUT2D eigenvalue weighted by Gasteiger charge is -2.21. The van der Waals surface area contributed by atoms with Crippen molar-refractivity contribution in [1.29, 1.82) is 0 Å². The summed E-state index contributed by atoms with van der Waals surface area (Å²) in [5, 5.41) is 11.9. The SMILES string of the molecule is CCOc1ccc2ccccc2c1[C@H](N)[C@@H](C)O.Cl. The first-order chi connectivity index (χ1) is 8.65. The molecule has 0 spiro atoms. The molecule has 0 saturated heterocycles. The Morgan fingerprint density at radius 1 is 1.21 bits per heavy atom. The molecule has 3 nitrogen and oxygen atoms in total. The van der Waals surface area contributed by atoms with Crippen molar-refractivity contribution in [3.05, 3.63) is 42.0 Å². The van der Waals surface area contributed by atoms with Gasteiger partial charge in [0.2, 0.25) is 0 Å². The predicted molar refractivity (Wildman–Crippen MR) is 81.0 cm³/mol. The molecule has 0 heterocycles. The molecule has 2 aromatic carbocycles. The van der Waals surface area contributed by atoms with E-state index >= 15 is 0 Å². The smallest absolute Gasteiger partial charge is 0.124 e. The van der Waals surface area contributed by atoms with E-state index in [9.17, 15) is 5.11 Å². The van der Waals surface area contributed by atoms with Crippen LogP contribution in [0.5, 0.6) is 5.75 Å². The van der Waals surface area contributed by atoms with Crippen LogP contribution in [0.3, 0.4) is 0 Å². The molecule has 0 radical (unpaired) electrons. The molecule has 0 bridgehead atoms. The second-order valence-corrected chi connectivity index (χ2v) is 4.40. The fraction of sp³-hybridized carbons (Fsp3) is 0.333. The van der Waals surface area contributed by atoms with Gasteiger partial charge in [-0.15, -0.1) is 12.4 Å². The molecule has 0 saturated carbocycles. The van der Waals surface area contributed by atoms with Crippen LogP contribution in [0.2, 0.25) is 0 Å². The van der Waals surface area contributed by atoms with Crippen LogP contribution >= 0.6 is 12.4 Å². The third-order valence-electron chi connectivity index (χ3n) is 3.08. The summed E-state index contributed by atoms with van der Waals surface area (Å²) in [6.07, 6.45) is -0.616. The largest absolute Gasteiger partial charge is 0.494 e. The summed E-state index contributed by atoms with van der Waals surface area (Å²) in [4.78, 5) is 0. The molecule has 19 heavy (non-hydrogen) atoms. The molecule has 0 aliphatic carbocycles. The lowest BCUT2D eigenvalue weighted by atomic mass is 9.95. The molecule has 4 heteroatoms. The zero-order valence-corrected chi connectivity index (χ0v) is 12.0. The highest BCUT2D eigenvalue weighted by Crippen LogP contribution is 2.33. The average Bonchev–Trinajstić information content (AvgIpc) is 2.38. The van der Waals surface area contributed by atoms with Gasteiger partial charge in [-0.3, -0.25) is 0 Å². The van der Waals surface area contributed by atoms with Gasteiger partial charge in [-0.1, -0.05) is 30.3 Å². The van der Waals surface area contributed by atoms with Crippen LogP contribution in [-0.4, -0.2) is 17.8 Å². The summed E-state index contributed by atoms with van der Waals surface area (Å²) in [5.41, 5.74) is 6.98. The number of ether oxygens (including phenoxy) is 1. The van der Waals surface area contributed by atoms with Gasteiger partial charge < -0.3 is 15.6 Å². The average molecular weight is 282 g/mol. The Hall–Kier alpha value is -1.29. The summed E-state index contributed by atoms with van der Waals surface area (Å²) >= 11 is 0. The molecule has 104 valence electrons. The van der Waals surface area contributed by atoms with Crippen LogP contribution in [0.1, 0.15) is 25.5 Å². The topological polar surface area (TPSA) is 55.5 Å². The zero-order valence-electron chi connectivity index (χ0n) is 11.2. The highest BCUT2D eigenvalue weighted by atomic mass is 35.5. The standard InChI is InChI=1S/C15H19NO2.ClH/c1-3-18-13-9-8-11-6-4-5-7-12(11)14(13)15(16)10(2)17;/h4-10,15,17H,3,16H2,1-2H3;1H/t10-,15-;/m1./s1. The first-order valence-electron chi connectivity index (χ1n) is 6.23. The zero-order chi connectivity index (χ0) is 13.1. The van der Waals surface area contributed by atoms with Crippen LogP contribution in [0.15, 0.2) is 36.4 Å². The normalized spacial score (nSPS) is 13.7. The quantitative estimate of drug-likeness (QED) is 0.906. The minimum Gasteiger partial charge on any atom is -0.494 e. The van der Waals surface area contributed by atoms with E-state index in [2.05, 4.69) is 0 Å². The van der Waals surface area contributed by atoms with Crippen molar-refractivity contribution >= 4 is 23.2 Å². The molecule has 2 atom stereocenters. The second-order valence-electron chi connectivity index (χ2n) is 4.40. The molecular formula is C15H20ClNO2. The fourth-order valence-corrected chi connectivity index (χ4v) is 2.14. The molecule has 0 aliphatic rings. The molecule has 0 aromatic heterocycles. The van der Waals surface area contributed by atoms with E-state index in [1.165, 1.54) is 0 Å². The first-order valence-corrected chi connectivity index (χ1v) is 6.23. The fourth-order valence-electron chi connectivity index (χ4n) is 2.14. The van der Waals surface area contributed by atoms with Crippen molar-refractivity contribution in [3.63, 3.8) is 0 Å². The highest BCUT2D eigenvalue weighted by molar-refractivity contribution is 5.88. The van der Waals surface area contributed by atoms with E-state index in [4.69, 9.17) is 10.5 Å². The first kappa shape index (κ1) is 15.8. The molecular weight excluding hydrogens is 262 g/mol. The van der Waals surface area contributed by atoms with Crippen LogP contribution in [0, 0.1) is 0 Å². The van der Waals surface area contributed by atoms with Gasteiger partial charge in [0.15, 0.2) is 0 Å². The number of halogens is 1. The number of hydrogen-bond donors (Lipinski definition) is 2. The molecule has 2 rings (SSSR count). The van der Waals surface area contributed by atoms with E-state index in [1.54, 1.807) is 6.92 Å². The highest BCUT2D eigenvalue weighted by Gasteiger charge is 2.19. The molecule has 0 aliphatic heterocycles. The Morgan fingerprint density at radius 2 is 1.89 bits per heavy atom. The summed E-state index contributed by atoms with van der Waals surface area (Å²) in [7, 11) is 0. The Kier molecular flexibility index (Phi) is 5.60. The van der Waals surface area contributed by atoms with Gasteiger partial charge in [-0.25, -0.2) is 0 Å². The Balaban J connectivity index is 0.00000180. The number of rotatable bonds is 4. The molecule has 2 aromatic rings. The predicted octanol–water partition coefficient (Wildman–Crippen LogP) is 3.04. The number of aliphatic hydroxyl groups excluding tert-OH is 1. The molecule has 0 amide bonds. The van der Waals surface area contributed by atoms with Gasteiger partial charge in [-0.05, 0) is 30.7 Å². The Bertz CT molecular complexity index is 543. The van der Waals surface area contributed by atoms with Crippen molar-refractivity contribution in [2.45, 2.75) is 26.0 Å². The summed E-state index contributed by atoms with van der Waals surface area (Å²) < 4.78 is 5.63. The number of fused-ring (bicyclic) bond motifs is 1. The monoisotopic (exact) mass is 281 g/mol. The number of nitrogens with two attached hydrogens (primary N) is 1. The van der Waals surface area contributed by atoms with Crippen molar-refractivity contribution < 1.29 is 9.84 Å². The number of benzene rings is 2. The number of hydrogen-bond acceptors (Lipinski definition) is 3. The minimum atomic E-state index is -0.616. The van der Waals surface area contributed by atoms with Crippen LogP contribution < -0.4 is 10.5 Å². The van der Waals surface area contributed by atoms with E-state index in [0.29, 0.717) is 6.61 Å². The van der Waals surface area contributed by atoms with Gasteiger partial charge >= 0.3 is 0 Å². The third kappa shape index (κ3) is 3.18. The van der Waals surface area contributed by atoms with Crippen LogP contribution in [0.25, 0.3) is 10.8 Å². The van der Waals surface area contributed by atoms with Crippen LogP contribution in [0.4, 0.5) is 0 Å². The van der Waals surface area contributed by atoms with Gasteiger partial charge in [0.25, 0.3) is 0 Å². The molecule has 0 fully saturated rings. The maximum atomic E-state index is 9.75. The van der Waals surface area contributed by atoms with Gasteiger partial charge in [0, 0.05) is 5.56 Å². The van der Waals surface area contributed by atoms with Crippen molar-refractivity contribution in [2.24, 2.45) is 5.73 Å². The van der Waals surface area contributed by atoms with Crippen molar-refractivity contribution in [1.82, 2.24) is 0 Å². The summed E-state index contributed by atoms with van der Waals surface area (Å²) in [6.45, 7) is 4.22. The Morgan fingerprint density at radius 3 is 2.53 bits per heavy atom. The van der Waals surface area contributed by atoms with E-state index in [0.717, 1.165) is 22.1 Å². The summed E-state index contributed by atoms with van der Waals surface area (Å²) in [5.74, 6) is 0.754. The lowest BCUT2D eigenvalue weighted by molar-refractivity contribution is 0.162. The molecule has 3 N–H and O–H groups in total. The van der Waals surface area contributed by atoms with Gasteiger partial charge in [-0.2, -0.15) is 0 Å². The molecule has 0 unspecified atom stereocenters. The maximum absolute atomic E-state index is 9.75. The third-order valence-corrected chi connectivity index (χ3v) is 3.08. The minimum absolute atomic E-state index is 0.